The Morgan fingerprint density at radius 3 is 2.69 bits per heavy atom. The molecule has 2 aliphatic rings. The summed E-state index contributed by atoms with van der Waals surface area (Å²) in [4.78, 5) is 27.3. The van der Waals surface area contributed by atoms with E-state index < -0.39 is 5.54 Å². The van der Waals surface area contributed by atoms with Crippen LogP contribution in [-0.2, 0) is 10.3 Å². The number of likely N-dealkylation sites (tertiary alicyclic amines) is 1. The summed E-state index contributed by atoms with van der Waals surface area (Å²) < 4.78 is 6.75. The maximum Gasteiger partial charge on any atom is 0.276 e. The van der Waals surface area contributed by atoms with Crippen molar-refractivity contribution in [2.24, 2.45) is 5.92 Å². The second-order valence-electron chi connectivity index (χ2n) is 7.25. The highest BCUT2D eigenvalue weighted by Gasteiger charge is 2.45. The van der Waals surface area contributed by atoms with Crippen LogP contribution >= 0.6 is 0 Å². The van der Waals surface area contributed by atoms with E-state index in [2.05, 4.69) is 15.6 Å². The predicted molar refractivity (Wildman–Crippen MR) is 92.3 cm³/mol. The number of nitrogens with one attached hydrogen (secondary N) is 1. The number of hydrogen-bond donors (Lipinski definition) is 1. The third-order valence-corrected chi connectivity index (χ3v) is 5.34. The quantitative estimate of drug-likeness (QED) is 0.871. The fourth-order valence-electron chi connectivity index (χ4n) is 3.51. The zero-order valence-corrected chi connectivity index (χ0v) is 14.9. The summed E-state index contributed by atoms with van der Waals surface area (Å²) >= 11 is 0. The van der Waals surface area contributed by atoms with E-state index >= 15 is 0 Å². The molecule has 0 spiro atoms. The molecule has 0 unspecified atom stereocenters. The number of amides is 2. The largest absolute Gasteiger partial charge is 0.361 e. The monoisotopic (exact) mass is 357 g/mol. The Morgan fingerprint density at radius 1 is 1.35 bits per heavy atom. The lowest BCUT2D eigenvalue weighted by Crippen LogP contribution is -2.56. The van der Waals surface area contributed by atoms with Gasteiger partial charge in [0.15, 0.2) is 5.69 Å². The van der Waals surface area contributed by atoms with Gasteiger partial charge < -0.3 is 14.7 Å². The van der Waals surface area contributed by atoms with Gasteiger partial charge in [-0.05, 0) is 44.6 Å². The van der Waals surface area contributed by atoms with Crippen molar-refractivity contribution in [2.45, 2.75) is 38.1 Å². The summed E-state index contributed by atoms with van der Waals surface area (Å²) in [6, 6.07) is 3.46. The second-order valence-corrected chi connectivity index (χ2v) is 7.25. The van der Waals surface area contributed by atoms with Gasteiger partial charge in [-0.1, -0.05) is 5.16 Å². The van der Waals surface area contributed by atoms with Crippen molar-refractivity contribution in [3.05, 3.63) is 36.0 Å². The third kappa shape index (κ3) is 3.11. The summed E-state index contributed by atoms with van der Waals surface area (Å²) in [5.74, 6) is 1.06. The van der Waals surface area contributed by atoms with Gasteiger partial charge in [-0.15, -0.1) is 0 Å². The van der Waals surface area contributed by atoms with Gasteiger partial charge in [-0.2, -0.15) is 5.10 Å². The lowest BCUT2D eigenvalue weighted by atomic mass is 9.86. The first-order valence-electron chi connectivity index (χ1n) is 9.09. The van der Waals surface area contributed by atoms with Crippen LogP contribution in [0.5, 0.6) is 0 Å². The van der Waals surface area contributed by atoms with Gasteiger partial charge >= 0.3 is 0 Å². The minimum absolute atomic E-state index is 0.00233. The maximum absolute atomic E-state index is 13.0. The smallest absolute Gasteiger partial charge is 0.276 e. The standard InChI is InChI=1S/C18H23N5O3/c1-13-11-15(21-26-13)16(24)22-9-5-18(6-10-22,23-8-2-7-20-23)17(25)19-12-14-3-4-14/h2,7-8,11,14H,3-6,9-10,12H2,1H3,(H,19,25). The molecular weight excluding hydrogens is 334 g/mol. The highest BCUT2D eigenvalue weighted by Crippen LogP contribution is 2.32. The summed E-state index contributed by atoms with van der Waals surface area (Å²) in [6.45, 7) is 3.43. The third-order valence-electron chi connectivity index (χ3n) is 5.34. The highest BCUT2D eigenvalue weighted by molar-refractivity contribution is 5.92. The molecule has 2 aromatic heterocycles. The Balaban J connectivity index is 1.48. The van der Waals surface area contributed by atoms with Crippen molar-refractivity contribution < 1.29 is 14.1 Å². The molecule has 8 heteroatoms. The van der Waals surface area contributed by atoms with Crippen LogP contribution in [0.3, 0.4) is 0 Å². The van der Waals surface area contributed by atoms with Crippen LogP contribution in [0.15, 0.2) is 29.0 Å². The van der Waals surface area contributed by atoms with Crippen LogP contribution in [0.25, 0.3) is 0 Å². The van der Waals surface area contributed by atoms with E-state index in [9.17, 15) is 9.59 Å². The highest BCUT2D eigenvalue weighted by atomic mass is 16.5. The van der Waals surface area contributed by atoms with E-state index in [1.807, 2.05) is 12.3 Å². The fraction of sp³-hybridized carbons (Fsp3) is 0.556. The normalized spacial score (nSPS) is 19.3. The van der Waals surface area contributed by atoms with Crippen molar-refractivity contribution in [1.82, 2.24) is 25.2 Å². The molecule has 1 N–H and O–H groups in total. The minimum atomic E-state index is -0.741. The molecule has 2 fully saturated rings. The van der Waals surface area contributed by atoms with Gasteiger partial charge in [0, 0.05) is 38.1 Å². The molecular formula is C18H23N5O3. The molecule has 1 saturated heterocycles. The van der Waals surface area contributed by atoms with Crippen LogP contribution in [0.2, 0.25) is 0 Å². The zero-order chi connectivity index (χ0) is 18.1. The molecule has 0 atom stereocenters. The first-order valence-corrected chi connectivity index (χ1v) is 9.09. The zero-order valence-electron chi connectivity index (χ0n) is 14.9. The first-order chi connectivity index (χ1) is 12.6. The molecule has 2 aromatic rings. The molecule has 8 nitrogen and oxygen atoms in total. The summed E-state index contributed by atoms with van der Waals surface area (Å²) in [5.41, 5.74) is -0.429. The molecule has 138 valence electrons. The van der Waals surface area contributed by atoms with E-state index in [0.717, 1.165) is 6.54 Å². The molecule has 1 aliphatic heterocycles. The molecule has 3 heterocycles. The van der Waals surface area contributed by atoms with Gasteiger partial charge in [-0.25, -0.2) is 0 Å². The van der Waals surface area contributed by atoms with E-state index in [0.29, 0.717) is 43.3 Å². The average Bonchev–Trinajstić information content (AvgIpc) is 3.12. The Morgan fingerprint density at radius 2 is 2.12 bits per heavy atom. The number of aryl methyl sites for hydroxylation is 1. The van der Waals surface area contributed by atoms with Crippen molar-refractivity contribution in [2.75, 3.05) is 19.6 Å². The summed E-state index contributed by atoms with van der Waals surface area (Å²) in [7, 11) is 0. The topological polar surface area (TPSA) is 93.3 Å². The summed E-state index contributed by atoms with van der Waals surface area (Å²) in [6.07, 6.45) is 6.94. The van der Waals surface area contributed by atoms with Gasteiger partial charge in [0.25, 0.3) is 5.91 Å². The van der Waals surface area contributed by atoms with E-state index in [-0.39, 0.29) is 11.8 Å². The number of nitrogens with zero attached hydrogens (tertiary/aromatic N) is 4. The van der Waals surface area contributed by atoms with Gasteiger partial charge in [0.1, 0.15) is 11.3 Å². The lowest BCUT2D eigenvalue weighted by Gasteiger charge is -2.40. The number of piperidine rings is 1. The molecule has 1 aliphatic carbocycles. The van der Waals surface area contributed by atoms with E-state index in [4.69, 9.17) is 4.52 Å². The van der Waals surface area contributed by atoms with Crippen molar-refractivity contribution in [3.8, 4) is 0 Å². The second kappa shape index (κ2) is 6.59. The minimum Gasteiger partial charge on any atom is -0.361 e. The Bertz CT molecular complexity index is 786. The lowest BCUT2D eigenvalue weighted by molar-refractivity contribution is -0.133. The number of aromatic nitrogens is 3. The number of hydrogen-bond acceptors (Lipinski definition) is 5. The SMILES string of the molecule is Cc1cc(C(=O)N2CCC(C(=O)NCC3CC3)(n3cccn3)CC2)no1. The number of rotatable bonds is 5. The van der Waals surface area contributed by atoms with Gasteiger partial charge in [-0.3, -0.25) is 14.3 Å². The molecule has 26 heavy (non-hydrogen) atoms. The number of carbonyl (C=O) groups excluding carboxylic acids is 2. The van der Waals surface area contributed by atoms with Crippen LogP contribution in [-0.4, -0.2) is 51.3 Å². The van der Waals surface area contributed by atoms with Crippen LogP contribution in [0.4, 0.5) is 0 Å². The van der Waals surface area contributed by atoms with Gasteiger partial charge in [0.2, 0.25) is 5.91 Å². The van der Waals surface area contributed by atoms with Crippen LogP contribution < -0.4 is 5.32 Å². The molecule has 0 radical (unpaired) electrons. The maximum atomic E-state index is 13.0. The number of carbonyl (C=O) groups is 2. The first kappa shape index (κ1) is 16.8. The van der Waals surface area contributed by atoms with E-state index in [1.165, 1.54) is 12.8 Å². The summed E-state index contributed by atoms with van der Waals surface area (Å²) in [5, 5.41) is 11.2. The van der Waals surface area contributed by atoms with Crippen LogP contribution in [0.1, 0.15) is 41.9 Å². The molecule has 4 rings (SSSR count). The van der Waals surface area contributed by atoms with Crippen molar-refractivity contribution >= 4 is 11.8 Å². The van der Waals surface area contributed by atoms with Crippen molar-refractivity contribution in [1.29, 1.82) is 0 Å². The van der Waals surface area contributed by atoms with E-state index in [1.54, 1.807) is 28.8 Å². The molecule has 0 aromatic carbocycles. The molecule has 2 amide bonds. The Hall–Kier alpha value is -2.64. The Labute approximate surface area is 151 Å². The predicted octanol–water partition coefficient (Wildman–Crippen LogP) is 1.34. The fourth-order valence-corrected chi connectivity index (χ4v) is 3.51. The molecule has 0 bridgehead atoms. The van der Waals surface area contributed by atoms with Gasteiger partial charge in [0.05, 0.1) is 0 Å². The average molecular weight is 357 g/mol. The Kier molecular flexibility index (Phi) is 4.26. The molecule has 1 saturated carbocycles. The van der Waals surface area contributed by atoms with Crippen LogP contribution in [0, 0.1) is 12.8 Å². The van der Waals surface area contributed by atoms with Crippen molar-refractivity contribution in [3.63, 3.8) is 0 Å².